The second-order valence-corrected chi connectivity index (χ2v) is 3.01. The highest BCUT2D eigenvalue weighted by Crippen LogP contribution is 2.11. The van der Waals surface area contributed by atoms with Crippen molar-refractivity contribution in [3.8, 4) is 0 Å². The normalized spacial score (nSPS) is 10.3. The van der Waals surface area contributed by atoms with Gasteiger partial charge in [0.15, 0.2) is 0 Å². The van der Waals surface area contributed by atoms with Gasteiger partial charge >= 0.3 is 5.97 Å². The fourth-order valence-electron chi connectivity index (χ4n) is 1.54. The largest absolute Gasteiger partial charge is 0.477 e. The number of carboxylic acid groups (broad SMARTS) is 1. The lowest BCUT2D eigenvalue weighted by atomic mass is 10.2. The van der Waals surface area contributed by atoms with Gasteiger partial charge in [0, 0.05) is 12.2 Å². The van der Waals surface area contributed by atoms with E-state index in [0.29, 0.717) is 5.69 Å². The van der Waals surface area contributed by atoms with E-state index in [0.717, 1.165) is 25.1 Å². The number of hydrogen-bond acceptors (Lipinski definition) is 1. The van der Waals surface area contributed by atoms with Gasteiger partial charge in [0.1, 0.15) is 5.69 Å². The first-order valence-electron chi connectivity index (χ1n) is 4.62. The molecule has 1 aromatic heterocycles. The second-order valence-electron chi connectivity index (χ2n) is 3.01. The molecule has 0 fully saturated rings. The van der Waals surface area contributed by atoms with E-state index in [1.54, 1.807) is 6.07 Å². The second kappa shape index (κ2) is 4.12. The number of carbonyl (C=O) groups is 1. The van der Waals surface area contributed by atoms with Gasteiger partial charge in [-0.25, -0.2) is 4.79 Å². The SMILES string of the molecule is CCCc1ccc(C(=O)O)n1CC. The third-order valence-corrected chi connectivity index (χ3v) is 2.11. The fourth-order valence-corrected chi connectivity index (χ4v) is 1.54. The molecule has 13 heavy (non-hydrogen) atoms. The molecule has 0 aliphatic rings. The van der Waals surface area contributed by atoms with Crippen LogP contribution < -0.4 is 0 Å². The number of rotatable bonds is 4. The van der Waals surface area contributed by atoms with E-state index in [2.05, 4.69) is 6.92 Å². The smallest absolute Gasteiger partial charge is 0.352 e. The Labute approximate surface area is 78.0 Å². The van der Waals surface area contributed by atoms with Crippen LogP contribution in [0.2, 0.25) is 0 Å². The molecule has 0 radical (unpaired) electrons. The summed E-state index contributed by atoms with van der Waals surface area (Å²) in [6.07, 6.45) is 1.99. The zero-order chi connectivity index (χ0) is 9.84. The van der Waals surface area contributed by atoms with E-state index >= 15 is 0 Å². The van der Waals surface area contributed by atoms with Crippen LogP contribution >= 0.6 is 0 Å². The fraction of sp³-hybridized carbons (Fsp3) is 0.500. The Morgan fingerprint density at radius 3 is 2.62 bits per heavy atom. The summed E-state index contributed by atoms with van der Waals surface area (Å²) in [7, 11) is 0. The van der Waals surface area contributed by atoms with E-state index in [1.165, 1.54) is 0 Å². The molecule has 0 spiro atoms. The lowest BCUT2D eigenvalue weighted by Gasteiger charge is -2.07. The maximum Gasteiger partial charge on any atom is 0.352 e. The molecule has 1 N–H and O–H groups in total. The van der Waals surface area contributed by atoms with Crippen LogP contribution in [-0.2, 0) is 13.0 Å². The number of aryl methyl sites for hydroxylation is 1. The van der Waals surface area contributed by atoms with Gasteiger partial charge in [-0.05, 0) is 25.5 Å². The quantitative estimate of drug-likeness (QED) is 0.773. The van der Waals surface area contributed by atoms with E-state index in [-0.39, 0.29) is 0 Å². The average molecular weight is 181 g/mol. The van der Waals surface area contributed by atoms with Crippen LogP contribution in [0.1, 0.15) is 36.5 Å². The van der Waals surface area contributed by atoms with Gasteiger partial charge in [-0.1, -0.05) is 13.3 Å². The Morgan fingerprint density at radius 1 is 1.46 bits per heavy atom. The Hall–Kier alpha value is -1.25. The van der Waals surface area contributed by atoms with Gasteiger partial charge in [-0.3, -0.25) is 0 Å². The summed E-state index contributed by atoms with van der Waals surface area (Å²) >= 11 is 0. The first-order valence-corrected chi connectivity index (χ1v) is 4.62. The molecule has 3 nitrogen and oxygen atoms in total. The van der Waals surface area contributed by atoms with Crippen LogP contribution in [0.15, 0.2) is 12.1 Å². The van der Waals surface area contributed by atoms with Crippen LogP contribution in [0.3, 0.4) is 0 Å². The van der Waals surface area contributed by atoms with Gasteiger partial charge in [-0.2, -0.15) is 0 Å². The minimum absolute atomic E-state index is 0.394. The molecule has 3 heteroatoms. The number of aromatic carboxylic acids is 1. The van der Waals surface area contributed by atoms with Crippen molar-refractivity contribution in [1.29, 1.82) is 0 Å². The minimum atomic E-state index is -0.843. The molecule has 0 aromatic carbocycles. The molecular formula is C10H15NO2. The molecule has 1 heterocycles. The van der Waals surface area contributed by atoms with Crippen LogP contribution in [0.5, 0.6) is 0 Å². The lowest BCUT2D eigenvalue weighted by Crippen LogP contribution is -2.09. The maximum atomic E-state index is 10.8. The molecule has 0 amide bonds. The van der Waals surface area contributed by atoms with Crippen molar-refractivity contribution in [3.05, 3.63) is 23.5 Å². The van der Waals surface area contributed by atoms with Gasteiger partial charge in [0.2, 0.25) is 0 Å². The summed E-state index contributed by atoms with van der Waals surface area (Å²) < 4.78 is 1.85. The van der Waals surface area contributed by atoms with Crippen molar-refractivity contribution in [2.24, 2.45) is 0 Å². The molecule has 0 saturated carbocycles. The highest BCUT2D eigenvalue weighted by molar-refractivity contribution is 5.86. The highest BCUT2D eigenvalue weighted by atomic mass is 16.4. The predicted octanol–water partition coefficient (Wildman–Crippen LogP) is 2.16. The number of nitrogens with zero attached hydrogens (tertiary/aromatic N) is 1. The van der Waals surface area contributed by atoms with Gasteiger partial charge < -0.3 is 9.67 Å². The lowest BCUT2D eigenvalue weighted by molar-refractivity contribution is 0.0685. The summed E-state index contributed by atoms with van der Waals surface area (Å²) in [5.74, 6) is -0.843. The summed E-state index contributed by atoms with van der Waals surface area (Å²) in [4.78, 5) is 10.8. The van der Waals surface area contributed by atoms with Crippen LogP contribution in [0, 0.1) is 0 Å². The molecule has 72 valence electrons. The van der Waals surface area contributed by atoms with Crippen molar-refractivity contribution in [1.82, 2.24) is 4.57 Å². The molecule has 0 aliphatic heterocycles. The topological polar surface area (TPSA) is 42.2 Å². The predicted molar refractivity (Wildman–Crippen MR) is 51.1 cm³/mol. The third-order valence-electron chi connectivity index (χ3n) is 2.11. The summed E-state index contributed by atoms with van der Waals surface area (Å²) in [6, 6.07) is 3.58. The van der Waals surface area contributed by atoms with Crippen molar-refractivity contribution in [2.75, 3.05) is 0 Å². The van der Waals surface area contributed by atoms with Gasteiger partial charge in [0.25, 0.3) is 0 Å². The van der Waals surface area contributed by atoms with E-state index in [1.807, 2.05) is 17.6 Å². The van der Waals surface area contributed by atoms with Crippen molar-refractivity contribution in [3.63, 3.8) is 0 Å². The van der Waals surface area contributed by atoms with E-state index in [4.69, 9.17) is 5.11 Å². The van der Waals surface area contributed by atoms with E-state index < -0.39 is 5.97 Å². The Balaban J connectivity index is 3.03. The molecule has 1 rings (SSSR count). The third kappa shape index (κ3) is 1.91. The van der Waals surface area contributed by atoms with Gasteiger partial charge in [-0.15, -0.1) is 0 Å². The monoisotopic (exact) mass is 181 g/mol. The van der Waals surface area contributed by atoms with Crippen LogP contribution in [-0.4, -0.2) is 15.6 Å². The Kier molecular flexibility index (Phi) is 3.12. The minimum Gasteiger partial charge on any atom is -0.477 e. The summed E-state index contributed by atoms with van der Waals surface area (Å²) in [6.45, 7) is 4.78. The molecule has 0 aliphatic carbocycles. The van der Waals surface area contributed by atoms with Crippen molar-refractivity contribution < 1.29 is 9.90 Å². The summed E-state index contributed by atoms with van der Waals surface area (Å²) in [5.41, 5.74) is 1.51. The Morgan fingerprint density at radius 2 is 2.15 bits per heavy atom. The molecule has 0 unspecified atom stereocenters. The van der Waals surface area contributed by atoms with Crippen molar-refractivity contribution in [2.45, 2.75) is 33.2 Å². The zero-order valence-electron chi connectivity index (χ0n) is 8.08. The molecule has 0 atom stereocenters. The Bertz CT molecular complexity index is 302. The molecule has 0 saturated heterocycles. The number of carboxylic acids is 1. The van der Waals surface area contributed by atoms with Crippen LogP contribution in [0.25, 0.3) is 0 Å². The molecule has 1 aromatic rings. The average Bonchev–Trinajstić information content (AvgIpc) is 2.48. The van der Waals surface area contributed by atoms with Crippen LogP contribution in [0.4, 0.5) is 0 Å². The zero-order valence-corrected chi connectivity index (χ0v) is 8.08. The highest BCUT2D eigenvalue weighted by Gasteiger charge is 2.11. The molecular weight excluding hydrogens is 166 g/mol. The van der Waals surface area contributed by atoms with Crippen molar-refractivity contribution >= 4 is 5.97 Å². The first kappa shape index (κ1) is 9.84. The van der Waals surface area contributed by atoms with Gasteiger partial charge in [0.05, 0.1) is 0 Å². The first-order chi connectivity index (χ1) is 6.20. The number of hydrogen-bond donors (Lipinski definition) is 1. The number of aromatic nitrogens is 1. The maximum absolute atomic E-state index is 10.8. The van der Waals surface area contributed by atoms with E-state index in [9.17, 15) is 4.79 Å². The standard InChI is InChI=1S/C10H15NO2/c1-3-5-8-6-7-9(10(12)13)11(8)4-2/h6-7H,3-5H2,1-2H3,(H,12,13). The summed E-state index contributed by atoms with van der Waals surface area (Å²) in [5, 5.41) is 8.86. The molecule has 0 bridgehead atoms.